The predicted molar refractivity (Wildman–Crippen MR) is 36.2 cm³/mol. The summed E-state index contributed by atoms with van der Waals surface area (Å²) in [4.78, 5) is 9.86. The van der Waals surface area contributed by atoms with Gasteiger partial charge in [0.2, 0.25) is 0 Å². The first-order valence-electron chi connectivity index (χ1n) is 2.67. The van der Waals surface area contributed by atoms with Gasteiger partial charge in [0.1, 0.15) is 0 Å². The maximum Gasteiger partial charge on any atom is 0.328 e. The maximum atomic E-state index is 9.86. The number of hydrogen-bond acceptors (Lipinski definition) is 1. The minimum absolute atomic E-state index is 0.910. The molecule has 1 N–H and O–H groups in total. The van der Waals surface area contributed by atoms with Crippen molar-refractivity contribution in [1.29, 1.82) is 0 Å². The third kappa shape index (κ3) is 6.95. The number of carboxylic acids is 1. The zero-order valence-electron chi connectivity index (χ0n) is 5.59. The van der Waals surface area contributed by atoms with Gasteiger partial charge in [-0.05, 0) is 13.8 Å². The predicted octanol–water partition coefficient (Wildman–Crippen LogP) is 1.59. The molecule has 0 aliphatic rings. The molecule has 0 aromatic heterocycles. The summed E-state index contributed by atoms with van der Waals surface area (Å²) >= 11 is 0. The van der Waals surface area contributed by atoms with E-state index in [2.05, 4.69) is 0 Å². The highest BCUT2D eigenvalue weighted by Crippen LogP contribution is 1.87. The molecule has 0 unspecified atom stereocenters. The number of carboxylic acid groups (broad SMARTS) is 1. The highest BCUT2D eigenvalue weighted by Gasteiger charge is 1.80. The molecule has 50 valence electrons. The molecule has 0 amide bonds. The molecule has 0 saturated heterocycles. The second kappa shape index (κ2) is 3.89. The largest absolute Gasteiger partial charge is 0.478 e. The van der Waals surface area contributed by atoms with Gasteiger partial charge in [0.25, 0.3) is 0 Å². The molecule has 0 aromatic rings. The van der Waals surface area contributed by atoms with Gasteiger partial charge in [-0.2, -0.15) is 0 Å². The lowest BCUT2D eigenvalue weighted by atomic mass is 10.3. The second-order valence-electron chi connectivity index (χ2n) is 1.94. The first-order valence-corrected chi connectivity index (χ1v) is 2.67. The van der Waals surface area contributed by atoms with Crippen LogP contribution >= 0.6 is 0 Å². The molecule has 0 fully saturated rings. The SMILES string of the molecule is CC(C)=CC=CC(=O)O. The van der Waals surface area contributed by atoms with E-state index >= 15 is 0 Å². The number of hydrogen-bond donors (Lipinski definition) is 1. The molecular weight excluding hydrogens is 116 g/mol. The Morgan fingerprint density at radius 1 is 1.44 bits per heavy atom. The molecule has 0 atom stereocenters. The van der Waals surface area contributed by atoms with Gasteiger partial charge in [-0.25, -0.2) is 4.79 Å². The Labute approximate surface area is 54.5 Å². The van der Waals surface area contributed by atoms with Crippen molar-refractivity contribution in [3.05, 3.63) is 23.8 Å². The van der Waals surface area contributed by atoms with Crippen LogP contribution < -0.4 is 0 Å². The van der Waals surface area contributed by atoms with Crippen LogP contribution in [0.2, 0.25) is 0 Å². The fourth-order valence-corrected chi connectivity index (χ4v) is 0.323. The van der Waals surface area contributed by atoms with Crippen molar-refractivity contribution in [2.24, 2.45) is 0 Å². The summed E-state index contributed by atoms with van der Waals surface area (Å²) in [6, 6.07) is 0. The Morgan fingerprint density at radius 3 is 2.33 bits per heavy atom. The van der Waals surface area contributed by atoms with E-state index in [4.69, 9.17) is 5.11 Å². The van der Waals surface area contributed by atoms with Crippen molar-refractivity contribution in [1.82, 2.24) is 0 Å². The standard InChI is InChI=1S/C7H10O2/c1-6(2)4-3-5-7(8)9/h3-5H,1-2H3,(H,8,9). The zero-order chi connectivity index (χ0) is 7.28. The van der Waals surface area contributed by atoms with Crippen LogP contribution in [-0.4, -0.2) is 11.1 Å². The number of allylic oxidation sites excluding steroid dienone is 3. The fraction of sp³-hybridized carbons (Fsp3) is 0.286. The maximum absolute atomic E-state index is 9.86. The highest BCUT2D eigenvalue weighted by atomic mass is 16.4. The first kappa shape index (κ1) is 7.95. The average molecular weight is 126 g/mol. The van der Waals surface area contributed by atoms with Gasteiger partial charge in [-0.15, -0.1) is 0 Å². The number of rotatable bonds is 2. The molecule has 0 rings (SSSR count). The van der Waals surface area contributed by atoms with Crippen LogP contribution in [0.15, 0.2) is 23.8 Å². The lowest BCUT2D eigenvalue weighted by Crippen LogP contribution is -1.84. The Hall–Kier alpha value is -1.05. The molecule has 0 saturated carbocycles. The molecular formula is C7H10O2. The van der Waals surface area contributed by atoms with Gasteiger partial charge in [-0.3, -0.25) is 0 Å². The van der Waals surface area contributed by atoms with E-state index in [9.17, 15) is 4.79 Å². The molecule has 0 spiro atoms. The van der Waals surface area contributed by atoms with E-state index in [1.807, 2.05) is 13.8 Å². The average Bonchev–Trinajstić information content (AvgIpc) is 1.63. The molecule has 0 aromatic carbocycles. The van der Waals surface area contributed by atoms with Crippen LogP contribution in [0.5, 0.6) is 0 Å². The molecule has 0 heterocycles. The van der Waals surface area contributed by atoms with Crippen molar-refractivity contribution >= 4 is 5.97 Å². The molecule has 0 bridgehead atoms. The Balaban J connectivity index is 3.74. The third-order valence-corrected chi connectivity index (χ3v) is 0.668. The minimum Gasteiger partial charge on any atom is -0.478 e. The third-order valence-electron chi connectivity index (χ3n) is 0.668. The second-order valence-corrected chi connectivity index (χ2v) is 1.94. The Morgan fingerprint density at radius 2 is 2.00 bits per heavy atom. The molecule has 2 nitrogen and oxygen atoms in total. The van der Waals surface area contributed by atoms with Gasteiger partial charge >= 0.3 is 5.97 Å². The van der Waals surface area contributed by atoms with E-state index in [-0.39, 0.29) is 0 Å². The molecule has 2 heteroatoms. The Bertz CT molecular complexity index is 150. The van der Waals surface area contributed by atoms with E-state index in [0.717, 1.165) is 11.6 Å². The smallest absolute Gasteiger partial charge is 0.328 e. The number of carbonyl (C=O) groups is 1. The van der Waals surface area contributed by atoms with Gasteiger partial charge in [0.05, 0.1) is 0 Å². The molecule has 0 radical (unpaired) electrons. The van der Waals surface area contributed by atoms with Crippen LogP contribution in [0, 0.1) is 0 Å². The van der Waals surface area contributed by atoms with Crippen LogP contribution in [0.1, 0.15) is 13.8 Å². The first-order chi connectivity index (χ1) is 4.13. The van der Waals surface area contributed by atoms with Crippen LogP contribution in [-0.2, 0) is 4.79 Å². The summed E-state index contributed by atoms with van der Waals surface area (Å²) < 4.78 is 0. The van der Waals surface area contributed by atoms with Gasteiger partial charge in [-0.1, -0.05) is 17.7 Å². The summed E-state index contributed by atoms with van der Waals surface area (Å²) in [6.45, 7) is 3.82. The van der Waals surface area contributed by atoms with Crippen LogP contribution in [0.25, 0.3) is 0 Å². The van der Waals surface area contributed by atoms with Crippen LogP contribution in [0.3, 0.4) is 0 Å². The van der Waals surface area contributed by atoms with Crippen molar-refractivity contribution in [2.45, 2.75) is 13.8 Å². The van der Waals surface area contributed by atoms with Gasteiger partial charge in [0, 0.05) is 6.08 Å². The summed E-state index contributed by atoms with van der Waals surface area (Å²) in [5.74, 6) is -0.910. The topological polar surface area (TPSA) is 37.3 Å². The van der Waals surface area contributed by atoms with E-state index in [1.165, 1.54) is 6.08 Å². The lowest BCUT2D eigenvalue weighted by molar-refractivity contribution is -0.131. The molecule has 9 heavy (non-hydrogen) atoms. The van der Waals surface area contributed by atoms with E-state index in [0.29, 0.717) is 0 Å². The Kier molecular flexibility index (Phi) is 3.44. The van der Waals surface area contributed by atoms with Crippen molar-refractivity contribution in [3.8, 4) is 0 Å². The van der Waals surface area contributed by atoms with Gasteiger partial charge in [0.15, 0.2) is 0 Å². The summed E-state index contributed by atoms with van der Waals surface area (Å²) in [6.07, 6.45) is 4.36. The minimum atomic E-state index is -0.910. The van der Waals surface area contributed by atoms with Crippen molar-refractivity contribution in [2.75, 3.05) is 0 Å². The van der Waals surface area contributed by atoms with Gasteiger partial charge < -0.3 is 5.11 Å². The lowest BCUT2D eigenvalue weighted by Gasteiger charge is -1.79. The normalized spacial score (nSPS) is 9.56. The summed E-state index contributed by atoms with van der Waals surface area (Å²) in [5, 5.41) is 8.11. The highest BCUT2D eigenvalue weighted by molar-refractivity contribution is 5.80. The monoisotopic (exact) mass is 126 g/mol. The van der Waals surface area contributed by atoms with Crippen LogP contribution in [0.4, 0.5) is 0 Å². The molecule has 0 aliphatic carbocycles. The number of aliphatic carboxylic acids is 1. The summed E-state index contributed by atoms with van der Waals surface area (Å²) in [5.41, 5.74) is 1.09. The van der Waals surface area contributed by atoms with Crippen molar-refractivity contribution < 1.29 is 9.90 Å². The quantitative estimate of drug-likeness (QED) is 0.450. The van der Waals surface area contributed by atoms with E-state index in [1.54, 1.807) is 6.08 Å². The zero-order valence-corrected chi connectivity index (χ0v) is 5.59. The molecule has 0 aliphatic heterocycles. The summed E-state index contributed by atoms with van der Waals surface area (Å²) in [7, 11) is 0. The van der Waals surface area contributed by atoms with E-state index < -0.39 is 5.97 Å². The van der Waals surface area contributed by atoms with Crippen molar-refractivity contribution in [3.63, 3.8) is 0 Å². The fourth-order valence-electron chi connectivity index (χ4n) is 0.323.